The summed E-state index contributed by atoms with van der Waals surface area (Å²) < 4.78 is 0. The fraction of sp³-hybridized carbons (Fsp3) is 0.250. The van der Waals surface area contributed by atoms with Gasteiger partial charge in [0.1, 0.15) is 0 Å². The highest BCUT2D eigenvalue weighted by atomic mass is 16.6. The SMILES string of the molecule is CC1CC(c2ccccc2)(c2ccccc2)CN1Cc1ccc([N+](=O)[O-])cc1. The molecule has 1 heterocycles. The van der Waals surface area contributed by atoms with Gasteiger partial charge in [0.25, 0.3) is 5.69 Å². The van der Waals surface area contributed by atoms with Crippen molar-refractivity contribution >= 4 is 5.69 Å². The molecule has 0 N–H and O–H groups in total. The Bertz CT molecular complexity index is 900. The highest BCUT2D eigenvalue weighted by molar-refractivity contribution is 5.42. The van der Waals surface area contributed by atoms with E-state index >= 15 is 0 Å². The Labute approximate surface area is 165 Å². The molecule has 4 heteroatoms. The summed E-state index contributed by atoms with van der Waals surface area (Å²) in [7, 11) is 0. The van der Waals surface area contributed by atoms with Gasteiger partial charge < -0.3 is 0 Å². The minimum Gasteiger partial charge on any atom is -0.295 e. The Balaban J connectivity index is 1.64. The van der Waals surface area contributed by atoms with E-state index in [0.29, 0.717) is 6.04 Å². The number of hydrogen-bond donors (Lipinski definition) is 0. The summed E-state index contributed by atoms with van der Waals surface area (Å²) in [5, 5.41) is 10.9. The summed E-state index contributed by atoms with van der Waals surface area (Å²) in [6.45, 7) is 4.00. The van der Waals surface area contributed by atoms with Crippen molar-refractivity contribution in [2.45, 2.75) is 31.3 Å². The van der Waals surface area contributed by atoms with Crippen LogP contribution in [-0.2, 0) is 12.0 Å². The number of hydrogen-bond acceptors (Lipinski definition) is 3. The summed E-state index contributed by atoms with van der Waals surface area (Å²) >= 11 is 0. The fourth-order valence-electron chi connectivity index (χ4n) is 4.47. The molecule has 0 saturated carbocycles. The highest BCUT2D eigenvalue weighted by Gasteiger charge is 2.44. The minimum atomic E-state index is -0.349. The van der Waals surface area contributed by atoms with Crippen LogP contribution in [0, 0.1) is 10.1 Å². The molecule has 1 aliphatic rings. The number of nitrogens with zero attached hydrogens (tertiary/aromatic N) is 2. The van der Waals surface area contributed by atoms with Crippen LogP contribution in [0.15, 0.2) is 84.9 Å². The van der Waals surface area contributed by atoms with Gasteiger partial charge in [0.15, 0.2) is 0 Å². The van der Waals surface area contributed by atoms with Crippen LogP contribution in [0.1, 0.15) is 30.0 Å². The average Bonchev–Trinajstić information content (AvgIpc) is 3.07. The number of likely N-dealkylation sites (tertiary alicyclic amines) is 1. The molecule has 3 aromatic carbocycles. The van der Waals surface area contributed by atoms with Gasteiger partial charge in [-0.25, -0.2) is 0 Å². The van der Waals surface area contributed by atoms with E-state index in [2.05, 4.69) is 72.5 Å². The molecule has 1 atom stereocenters. The lowest BCUT2D eigenvalue weighted by molar-refractivity contribution is -0.384. The van der Waals surface area contributed by atoms with E-state index in [4.69, 9.17) is 0 Å². The normalized spacial score (nSPS) is 18.8. The van der Waals surface area contributed by atoms with Gasteiger partial charge in [-0.15, -0.1) is 0 Å². The summed E-state index contributed by atoms with van der Waals surface area (Å²) in [6, 6.07) is 28.9. The van der Waals surface area contributed by atoms with Crippen molar-refractivity contribution < 1.29 is 4.92 Å². The van der Waals surface area contributed by atoms with E-state index in [1.165, 1.54) is 11.1 Å². The first kappa shape index (κ1) is 18.4. The van der Waals surface area contributed by atoms with Crippen LogP contribution >= 0.6 is 0 Å². The molecular weight excluding hydrogens is 348 g/mol. The topological polar surface area (TPSA) is 46.4 Å². The Morgan fingerprint density at radius 1 is 0.929 bits per heavy atom. The quantitative estimate of drug-likeness (QED) is 0.458. The molecule has 142 valence electrons. The second kappa shape index (κ2) is 7.56. The lowest BCUT2D eigenvalue weighted by atomic mass is 9.73. The number of non-ortho nitro benzene ring substituents is 1. The van der Waals surface area contributed by atoms with Crippen LogP contribution in [0.3, 0.4) is 0 Å². The molecule has 3 aromatic rings. The molecule has 0 bridgehead atoms. The van der Waals surface area contributed by atoms with Crippen LogP contribution in [0.4, 0.5) is 5.69 Å². The molecular formula is C24H24N2O2. The van der Waals surface area contributed by atoms with E-state index in [9.17, 15) is 10.1 Å². The van der Waals surface area contributed by atoms with E-state index < -0.39 is 0 Å². The van der Waals surface area contributed by atoms with Crippen LogP contribution in [0.5, 0.6) is 0 Å². The summed E-state index contributed by atoms with van der Waals surface area (Å²) in [5.41, 5.74) is 3.90. The fourth-order valence-corrected chi connectivity index (χ4v) is 4.47. The van der Waals surface area contributed by atoms with Gasteiger partial charge in [0, 0.05) is 36.7 Å². The average molecular weight is 372 g/mol. The van der Waals surface area contributed by atoms with Crippen molar-refractivity contribution in [1.82, 2.24) is 4.90 Å². The Morgan fingerprint density at radius 3 is 1.96 bits per heavy atom. The zero-order valence-electron chi connectivity index (χ0n) is 16.0. The van der Waals surface area contributed by atoms with Gasteiger partial charge >= 0.3 is 0 Å². The van der Waals surface area contributed by atoms with Crippen molar-refractivity contribution in [2.24, 2.45) is 0 Å². The maximum atomic E-state index is 10.9. The van der Waals surface area contributed by atoms with E-state index in [1.807, 2.05) is 12.1 Å². The third-order valence-corrected chi connectivity index (χ3v) is 5.93. The van der Waals surface area contributed by atoms with Gasteiger partial charge in [-0.1, -0.05) is 72.8 Å². The zero-order chi connectivity index (χ0) is 19.6. The Hall–Kier alpha value is -2.98. The van der Waals surface area contributed by atoms with Crippen LogP contribution < -0.4 is 0 Å². The highest BCUT2D eigenvalue weighted by Crippen LogP contribution is 2.44. The molecule has 0 radical (unpaired) electrons. The Morgan fingerprint density at radius 2 is 1.46 bits per heavy atom. The van der Waals surface area contributed by atoms with E-state index in [1.54, 1.807) is 12.1 Å². The first-order valence-corrected chi connectivity index (χ1v) is 9.67. The number of rotatable bonds is 5. The standard InChI is InChI=1S/C24H24N2O2/c1-19-16-24(21-8-4-2-5-9-21,22-10-6-3-7-11-22)18-25(19)17-20-12-14-23(15-13-20)26(27)28/h2-15,19H,16-18H2,1H3. The molecule has 4 nitrogen and oxygen atoms in total. The largest absolute Gasteiger partial charge is 0.295 e. The van der Waals surface area contributed by atoms with Crippen molar-refractivity contribution in [3.8, 4) is 0 Å². The van der Waals surface area contributed by atoms with E-state index in [-0.39, 0.29) is 16.0 Å². The third kappa shape index (κ3) is 3.43. The number of benzene rings is 3. The summed E-state index contributed by atoms with van der Waals surface area (Å²) in [4.78, 5) is 13.0. The van der Waals surface area contributed by atoms with Crippen LogP contribution in [0.2, 0.25) is 0 Å². The lowest BCUT2D eigenvalue weighted by Crippen LogP contribution is -2.32. The van der Waals surface area contributed by atoms with Crippen LogP contribution in [0.25, 0.3) is 0 Å². The second-order valence-electron chi connectivity index (χ2n) is 7.70. The molecule has 1 unspecified atom stereocenters. The van der Waals surface area contributed by atoms with Gasteiger partial charge in [0.05, 0.1) is 4.92 Å². The maximum absolute atomic E-state index is 10.9. The third-order valence-electron chi connectivity index (χ3n) is 5.93. The van der Waals surface area contributed by atoms with E-state index in [0.717, 1.165) is 25.1 Å². The van der Waals surface area contributed by atoms with Gasteiger partial charge in [-0.05, 0) is 30.0 Å². The molecule has 1 saturated heterocycles. The molecule has 28 heavy (non-hydrogen) atoms. The monoisotopic (exact) mass is 372 g/mol. The van der Waals surface area contributed by atoms with Gasteiger partial charge in [0.2, 0.25) is 0 Å². The van der Waals surface area contributed by atoms with Crippen LogP contribution in [-0.4, -0.2) is 22.4 Å². The maximum Gasteiger partial charge on any atom is 0.269 e. The molecule has 1 fully saturated rings. The summed E-state index contributed by atoms with van der Waals surface area (Å²) in [5.74, 6) is 0. The zero-order valence-corrected chi connectivity index (χ0v) is 16.0. The van der Waals surface area contributed by atoms with Crippen molar-refractivity contribution in [3.63, 3.8) is 0 Å². The van der Waals surface area contributed by atoms with Crippen molar-refractivity contribution in [1.29, 1.82) is 0 Å². The second-order valence-corrected chi connectivity index (χ2v) is 7.70. The molecule has 0 aliphatic carbocycles. The van der Waals surface area contributed by atoms with Gasteiger partial charge in [-0.3, -0.25) is 15.0 Å². The number of nitro benzene ring substituents is 1. The number of nitro groups is 1. The Kier molecular flexibility index (Phi) is 4.97. The molecule has 1 aliphatic heterocycles. The predicted molar refractivity (Wildman–Crippen MR) is 111 cm³/mol. The lowest BCUT2D eigenvalue weighted by Gasteiger charge is -2.31. The predicted octanol–water partition coefficient (Wildman–Crippen LogP) is 5.18. The van der Waals surface area contributed by atoms with Crippen molar-refractivity contribution in [2.75, 3.05) is 6.54 Å². The van der Waals surface area contributed by atoms with Gasteiger partial charge in [-0.2, -0.15) is 0 Å². The smallest absolute Gasteiger partial charge is 0.269 e. The molecule has 4 rings (SSSR count). The first-order valence-electron chi connectivity index (χ1n) is 9.67. The molecule has 0 amide bonds. The van der Waals surface area contributed by atoms with Crippen molar-refractivity contribution in [3.05, 3.63) is 112 Å². The molecule has 0 aromatic heterocycles. The summed E-state index contributed by atoms with van der Waals surface area (Å²) in [6.07, 6.45) is 1.05. The minimum absolute atomic E-state index is 0.0390. The molecule has 0 spiro atoms. The first-order chi connectivity index (χ1) is 13.6.